The molecule has 1 aliphatic carbocycles. The number of fused-ring (bicyclic) bond motifs is 1. The van der Waals surface area contributed by atoms with Crippen molar-refractivity contribution in [3.05, 3.63) is 59.3 Å². The van der Waals surface area contributed by atoms with Crippen LogP contribution < -0.4 is 16.6 Å². The standard InChI is InChI=1S/C15H16N4O/c16-19-14-6-5-12(9-17-14)15(20)18-13-7-10-3-1-2-4-11(10)8-13/h1-6,9,13H,7-8,16H2,(H,17,19)(H,18,20). The third kappa shape index (κ3) is 2.48. The van der Waals surface area contributed by atoms with Crippen molar-refractivity contribution in [3.63, 3.8) is 0 Å². The van der Waals surface area contributed by atoms with E-state index in [1.165, 1.54) is 17.3 Å². The first-order chi connectivity index (χ1) is 9.76. The highest BCUT2D eigenvalue weighted by Gasteiger charge is 2.22. The zero-order valence-electron chi connectivity index (χ0n) is 11.0. The van der Waals surface area contributed by atoms with E-state index < -0.39 is 0 Å². The van der Waals surface area contributed by atoms with Gasteiger partial charge in [-0.3, -0.25) is 4.79 Å². The van der Waals surface area contributed by atoms with Crippen LogP contribution >= 0.6 is 0 Å². The van der Waals surface area contributed by atoms with Gasteiger partial charge in [-0.1, -0.05) is 24.3 Å². The van der Waals surface area contributed by atoms with E-state index in [1.807, 2.05) is 12.1 Å². The van der Waals surface area contributed by atoms with Crippen molar-refractivity contribution in [3.8, 4) is 0 Å². The Labute approximate surface area is 117 Å². The smallest absolute Gasteiger partial charge is 0.253 e. The predicted octanol–water partition coefficient (Wildman–Crippen LogP) is 1.26. The van der Waals surface area contributed by atoms with E-state index in [2.05, 4.69) is 27.9 Å². The Bertz CT molecular complexity index is 599. The molecule has 0 spiro atoms. The monoisotopic (exact) mass is 268 g/mol. The van der Waals surface area contributed by atoms with Gasteiger partial charge in [-0.15, -0.1) is 0 Å². The summed E-state index contributed by atoms with van der Waals surface area (Å²) in [6.45, 7) is 0. The van der Waals surface area contributed by atoms with Crippen LogP contribution in [0, 0.1) is 0 Å². The molecule has 0 saturated carbocycles. The van der Waals surface area contributed by atoms with Crippen LogP contribution in [0.3, 0.4) is 0 Å². The number of rotatable bonds is 3. The van der Waals surface area contributed by atoms with Crippen LogP contribution in [-0.2, 0) is 12.8 Å². The number of carbonyl (C=O) groups excluding carboxylic acids is 1. The maximum absolute atomic E-state index is 12.1. The number of nitrogen functional groups attached to an aromatic ring is 1. The minimum atomic E-state index is -0.0983. The quantitative estimate of drug-likeness (QED) is 0.578. The van der Waals surface area contributed by atoms with Gasteiger partial charge >= 0.3 is 0 Å². The molecular formula is C15H16N4O. The third-order valence-electron chi connectivity index (χ3n) is 3.56. The summed E-state index contributed by atoms with van der Waals surface area (Å²) in [4.78, 5) is 16.2. The molecule has 1 aliphatic rings. The van der Waals surface area contributed by atoms with Crippen molar-refractivity contribution in [2.75, 3.05) is 5.43 Å². The molecule has 0 atom stereocenters. The number of nitrogens with zero attached hydrogens (tertiary/aromatic N) is 1. The van der Waals surface area contributed by atoms with E-state index >= 15 is 0 Å². The molecule has 2 aromatic rings. The average Bonchev–Trinajstić information content (AvgIpc) is 2.89. The lowest BCUT2D eigenvalue weighted by atomic mass is 10.1. The van der Waals surface area contributed by atoms with Crippen molar-refractivity contribution < 1.29 is 4.79 Å². The van der Waals surface area contributed by atoms with Gasteiger partial charge in [0, 0.05) is 12.2 Å². The second-order valence-electron chi connectivity index (χ2n) is 4.92. The number of anilines is 1. The molecule has 5 heteroatoms. The average molecular weight is 268 g/mol. The zero-order valence-corrected chi connectivity index (χ0v) is 11.0. The highest BCUT2D eigenvalue weighted by atomic mass is 16.1. The number of hydrogen-bond acceptors (Lipinski definition) is 4. The molecule has 0 fully saturated rings. The summed E-state index contributed by atoms with van der Waals surface area (Å²) >= 11 is 0. The number of hydrogen-bond donors (Lipinski definition) is 3. The highest BCUT2D eigenvalue weighted by molar-refractivity contribution is 5.94. The minimum absolute atomic E-state index is 0.0983. The number of hydrazine groups is 1. The summed E-state index contributed by atoms with van der Waals surface area (Å²) < 4.78 is 0. The molecule has 1 amide bonds. The van der Waals surface area contributed by atoms with Gasteiger partial charge in [-0.2, -0.15) is 0 Å². The summed E-state index contributed by atoms with van der Waals surface area (Å²) in [5.41, 5.74) is 5.61. The number of amides is 1. The van der Waals surface area contributed by atoms with Crippen molar-refractivity contribution in [2.24, 2.45) is 5.84 Å². The van der Waals surface area contributed by atoms with Crippen molar-refractivity contribution in [2.45, 2.75) is 18.9 Å². The lowest BCUT2D eigenvalue weighted by molar-refractivity contribution is 0.0938. The summed E-state index contributed by atoms with van der Waals surface area (Å²) in [6.07, 6.45) is 3.29. The molecule has 1 aromatic heterocycles. The van der Waals surface area contributed by atoms with Gasteiger partial charge in [-0.05, 0) is 36.1 Å². The first kappa shape index (κ1) is 12.6. The topological polar surface area (TPSA) is 80.0 Å². The van der Waals surface area contributed by atoms with E-state index in [-0.39, 0.29) is 11.9 Å². The van der Waals surface area contributed by atoms with Gasteiger partial charge in [-0.25, -0.2) is 10.8 Å². The lowest BCUT2D eigenvalue weighted by Gasteiger charge is -2.12. The van der Waals surface area contributed by atoms with E-state index in [4.69, 9.17) is 5.84 Å². The molecule has 20 heavy (non-hydrogen) atoms. The van der Waals surface area contributed by atoms with Gasteiger partial charge < -0.3 is 10.7 Å². The fourth-order valence-corrected chi connectivity index (χ4v) is 2.54. The van der Waals surface area contributed by atoms with Crippen molar-refractivity contribution >= 4 is 11.7 Å². The van der Waals surface area contributed by atoms with Gasteiger partial charge in [0.15, 0.2) is 0 Å². The lowest BCUT2D eigenvalue weighted by Crippen LogP contribution is -2.35. The molecule has 0 bridgehead atoms. The third-order valence-corrected chi connectivity index (χ3v) is 3.56. The molecular weight excluding hydrogens is 252 g/mol. The Morgan fingerprint density at radius 3 is 2.40 bits per heavy atom. The second kappa shape index (κ2) is 5.30. The van der Waals surface area contributed by atoms with Gasteiger partial charge in [0.2, 0.25) is 0 Å². The first-order valence-corrected chi connectivity index (χ1v) is 6.56. The van der Waals surface area contributed by atoms with Crippen molar-refractivity contribution in [1.82, 2.24) is 10.3 Å². The summed E-state index contributed by atoms with van der Waals surface area (Å²) in [5.74, 6) is 5.68. The number of pyridine rings is 1. The van der Waals surface area contributed by atoms with Gasteiger partial charge in [0.1, 0.15) is 5.82 Å². The minimum Gasteiger partial charge on any atom is -0.349 e. The van der Waals surface area contributed by atoms with Crippen LogP contribution in [0.15, 0.2) is 42.6 Å². The van der Waals surface area contributed by atoms with Crippen LogP contribution in [0.1, 0.15) is 21.5 Å². The van der Waals surface area contributed by atoms with Crippen LogP contribution in [0.25, 0.3) is 0 Å². The summed E-state index contributed by atoms with van der Waals surface area (Å²) in [5, 5.41) is 3.05. The maximum Gasteiger partial charge on any atom is 0.253 e. The summed E-state index contributed by atoms with van der Waals surface area (Å²) in [6, 6.07) is 11.8. The van der Waals surface area contributed by atoms with E-state index in [1.54, 1.807) is 12.1 Å². The second-order valence-corrected chi connectivity index (χ2v) is 4.92. The number of aromatic nitrogens is 1. The normalized spacial score (nSPS) is 13.8. The molecule has 0 unspecified atom stereocenters. The number of carbonyl (C=O) groups is 1. The Morgan fingerprint density at radius 1 is 1.15 bits per heavy atom. The van der Waals surface area contributed by atoms with Crippen LogP contribution in [0.5, 0.6) is 0 Å². The molecule has 0 aliphatic heterocycles. The van der Waals surface area contributed by atoms with Crippen LogP contribution in [0.2, 0.25) is 0 Å². The van der Waals surface area contributed by atoms with E-state index in [0.717, 1.165) is 12.8 Å². The van der Waals surface area contributed by atoms with Gasteiger partial charge in [0.05, 0.1) is 5.56 Å². The number of nitrogens with two attached hydrogens (primary N) is 1. The number of benzene rings is 1. The number of nitrogens with one attached hydrogen (secondary N) is 2. The Balaban J connectivity index is 1.65. The molecule has 1 heterocycles. The molecule has 1 aromatic carbocycles. The fraction of sp³-hybridized carbons (Fsp3) is 0.200. The first-order valence-electron chi connectivity index (χ1n) is 6.56. The Kier molecular flexibility index (Phi) is 3.35. The molecule has 4 N–H and O–H groups in total. The summed E-state index contributed by atoms with van der Waals surface area (Å²) in [7, 11) is 0. The maximum atomic E-state index is 12.1. The van der Waals surface area contributed by atoms with Crippen molar-refractivity contribution in [1.29, 1.82) is 0 Å². The fourth-order valence-electron chi connectivity index (χ4n) is 2.54. The molecule has 3 rings (SSSR count). The predicted molar refractivity (Wildman–Crippen MR) is 77.2 cm³/mol. The molecule has 0 radical (unpaired) electrons. The zero-order chi connectivity index (χ0) is 13.9. The Morgan fingerprint density at radius 2 is 1.85 bits per heavy atom. The van der Waals surface area contributed by atoms with Crippen LogP contribution in [0.4, 0.5) is 5.82 Å². The SMILES string of the molecule is NNc1ccc(C(=O)NC2Cc3ccccc3C2)cn1. The van der Waals surface area contributed by atoms with E-state index in [0.29, 0.717) is 11.4 Å². The van der Waals surface area contributed by atoms with Crippen LogP contribution in [-0.4, -0.2) is 16.9 Å². The highest BCUT2D eigenvalue weighted by Crippen LogP contribution is 2.21. The van der Waals surface area contributed by atoms with E-state index in [9.17, 15) is 4.79 Å². The largest absolute Gasteiger partial charge is 0.349 e. The Hall–Kier alpha value is -2.40. The molecule has 0 saturated heterocycles. The van der Waals surface area contributed by atoms with Gasteiger partial charge in [0.25, 0.3) is 5.91 Å². The molecule has 5 nitrogen and oxygen atoms in total. The molecule has 102 valence electrons.